The summed E-state index contributed by atoms with van der Waals surface area (Å²) in [6.45, 7) is 6.07. The van der Waals surface area contributed by atoms with Gasteiger partial charge in [-0.2, -0.15) is 0 Å². The quantitative estimate of drug-likeness (QED) is 0.720. The van der Waals surface area contributed by atoms with E-state index in [0.29, 0.717) is 6.29 Å². The van der Waals surface area contributed by atoms with Crippen molar-refractivity contribution in [2.24, 2.45) is 0 Å². The average Bonchev–Trinajstić information content (AvgIpc) is 2.27. The summed E-state index contributed by atoms with van der Waals surface area (Å²) in [7, 11) is 0. The summed E-state index contributed by atoms with van der Waals surface area (Å²) in [6, 6.07) is 8.89. The van der Waals surface area contributed by atoms with Gasteiger partial charge in [-0.05, 0) is 55.2 Å². The summed E-state index contributed by atoms with van der Waals surface area (Å²) in [6.07, 6.45) is 0.536. The van der Waals surface area contributed by atoms with E-state index in [0.717, 1.165) is 22.3 Å². The Morgan fingerprint density at radius 3 is 2.11 bits per heavy atom. The maximum absolute atomic E-state index is 13.6. The van der Waals surface area contributed by atoms with E-state index in [1.807, 2.05) is 20.8 Å². The van der Waals surface area contributed by atoms with Gasteiger partial charge in [0.15, 0.2) is 6.29 Å². The maximum atomic E-state index is 13.6. The van der Waals surface area contributed by atoms with E-state index in [4.69, 9.17) is 0 Å². The molecule has 0 N–H and O–H groups in total. The van der Waals surface area contributed by atoms with Crippen LogP contribution in [0.4, 0.5) is 4.39 Å². The molecule has 92 valence electrons. The zero-order chi connectivity index (χ0) is 13.3. The minimum atomic E-state index is -0.470. The van der Waals surface area contributed by atoms with Crippen molar-refractivity contribution in [2.75, 3.05) is 0 Å². The molecule has 0 atom stereocenters. The second kappa shape index (κ2) is 4.73. The molecular formula is C16H15FO. The van der Waals surface area contributed by atoms with Gasteiger partial charge in [-0.15, -0.1) is 0 Å². The molecule has 0 heterocycles. The number of aldehydes is 1. The highest BCUT2D eigenvalue weighted by molar-refractivity contribution is 5.79. The summed E-state index contributed by atoms with van der Waals surface area (Å²) in [4.78, 5) is 10.6. The van der Waals surface area contributed by atoms with Crippen LogP contribution < -0.4 is 0 Å². The lowest BCUT2D eigenvalue weighted by molar-refractivity contribution is 0.112. The summed E-state index contributed by atoms with van der Waals surface area (Å²) in [5.74, 6) is -0.470. The number of aryl methyl sites for hydroxylation is 3. The molecule has 0 aromatic heterocycles. The van der Waals surface area contributed by atoms with Crippen molar-refractivity contribution in [3.05, 3.63) is 58.4 Å². The van der Waals surface area contributed by atoms with Gasteiger partial charge in [0.25, 0.3) is 0 Å². The van der Waals surface area contributed by atoms with Gasteiger partial charge in [-0.3, -0.25) is 4.79 Å². The fraction of sp³-hybridized carbons (Fsp3) is 0.188. The van der Waals surface area contributed by atoms with E-state index in [1.54, 1.807) is 6.07 Å². The van der Waals surface area contributed by atoms with Crippen LogP contribution >= 0.6 is 0 Å². The lowest BCUT2D eigenvalue weighted by atomic mass is 9.93. The van der Waals surface area contributed by atoms with Crippen molar-refractivity contribution in [1.82, 2.24) is 0 Å². The first-order valence-corrected chi connectivity index (χ1v) is 5.86. The van der Waals surface area contributed by atoms with E-state index in [1.165, 1.54) is 17.7 Å². The Kier molecular flexibility index (Phi) is 3.28. The van der Waals surface area contributed by atoms with Crippen LogP contribution in [0.1, 0.15) is 27.0 Å². The Balaban J connectivity index is 2.62. The summed E-state index contributed by atoms with van der Waals surface area (Å²) in [5.41, 5.74) is 5.38. The molecule has 2 rings (SSSR count). The van der Waals surface area contributed by atoms with Gasteiger partial charge >= 0.3 is 0 Å². The number of carbonyl (C=O) groups excluding carboxylic acids is 1. The Morgan fingerprint density at radius 1 is 1.00 bits per heavy atom. The van der Waals surface area contributed by atoms with E-state index < -0.39 is 5.82 Å². The molecule has 2 aromatic carbocycles. The van der Waals surface area contributed by atoms with E-state index in [2.05, 4.69) is 12.1 Å². The number of hydrogen-bond donors (Lipinski definition) is 0. The van der Waals surface area contributed by atoms with Crippen LogP contribution in [0, 0.1) is 26.6 Å². The topological polar surface area (TPSA) is 17.1 Å². The summed E-state index contributed by atoms with van der Waals surface area (Å²) >= 11 is 0. The SMILES string of the molecule is Cc1cc(C)c(-c2ccc(C=O)c(F)c2)c(C)c1. The molecule has 0 aliphatic carbocycles. The van der Waals surface area contributed by atoms with Crippen molar-refractivity contribution >= 4 is 6.29 Å². The molecule has 0 saturated heterocycles. The number of hydrogen-bond acceptors (Lipinski definition) is 1. The number of halogens is 1. The lowest BCUT2D eigenvalue weighted by Crippen LogP contribution is -1.93. The first-order valence-electron chi connectivity index (χ1n) is 5.86. The minimum Gasteiger partial charge on any atom is -0.298 e. The van der Waals surface area contributed by atoms with Crippen molar-refractivity contribution in [3.63, 3.8) is 0 Å². The Labute approximate surface area is 106 Å². The van der Waals surface area contributed by atoms with Gasteiger partial charge in [-0.1, -0.05) is 23.8 Å². The minimum absolute atomic E-state index is 0.0983. The monoisotopic (exact) mass is 242 g/mol. The number of benzene rings is 2. The van der Waals surface area contributed by atoms with Gasteiger partial charge in [-0.25, -0.2) is 4.39 Å². The molecular weight excluding hydrogens is 227 g/mol. The molecule has 0 spiro atoms. The lowest BCUT2D eigenvalue weighted by Gasteiger charge is -2.12. The first-order chi connectivity index (χ1) is 8.52. The van der Waals surface area contributed by atoms with Crippen molar-refractivity contribution < 1.29 is 9.18 Å². The normalized spacial score (nSPS) is 10.4. The molecule has 0 fully saturated rings. The smallest absolute Gasteiger partial charge is 0.152 e. The van der Waals surface area contributed by atoms with Gasteiger partial charge in [0.2, 0.25) is 0 Å². The van der Waals surface area contributed by atoms with Crippen molar-refractivity contribution in [1.29, 1.82) is 0 Å². The van der Waals surface area contributed by atoms with Gasteiger partial charge in [0.05, 0.1) is 5.56 Å². The molecule has 2 heteroatoms. The fourth-order valence-corrected chi connectivity index (χ4v) is 2.41. The molecule has 2 aromatic rings. The Morgan fingerprint density at radius 2 is 1.61 bits per heavy atom. The van der Waals surface area contributed by atoms with Crippen molar-refractivity contribution in [3.8, 4) is 11.1 Å². The molecule has 0 amide bonds. The predicted molar refractivity (Wildman–Crippen MR) is 71.4 cm³/mol. The molecule has 1 nitrogen and oxygen atoms in total. The summed E-state index contributed by atoms with van der Waals surface area (Å²) in [5, 5.41) is 0. The highest BCUT2D eigenvalue weighted by Crippen LogP contribution is 2.29. The maximum Gasteiger partial charge on any atom is 0.152 e. The highest BCUT2D eigenvalue weighted by Gasteiger charge is 2.09. The van der Waals surface area contributed by atoms with Crippen LogP contribution in [0.3, 0.4) is 0 Å². The van der Waals surface area contributed by atoms with Gasteiger partial charge < -0.3 is 0 Å². The zero-order valence-corrected chi connectivity index (χ0v) is 10.8. The number of carbonyl (C=O) groups is 1. The molecule has 0 aliphatic rings. The zero-order valence-electron chi connectivity index (χ0n) is 10.8. The van der Waals surface area contributed by atoms with Crippen LogP contribution in [0.25, 0.3) is 11.1 Å². The highest BCUT2D eigenvalue weighted by atomic mass is 19.1. The largest absolute Gasteiger partial charge is 0.298 e. The van der Waals surface area contributed by atoms with Gasteiger partial charge in [0.1, 0.15) is 5.82 Å². The van der Waals surface area contributed by atoms with Crippen LogP contribution in [0.5, 0.6) is 0 Å². The third kappa shape index (κ3) is 2.19. The first kappa shape index (κ1) is 12.5. The molecule has 0 aliphatic heterocycles. The van der Waals surface area contributed by atoms with E-state index in [9.17, 15) is 9.18 Å². The average molecular weight is 242 g/mol. The van der Waals surface area contributed by atoms with Gasteiger partial charge in [0, 0.05) is 0 Å². The Hall–Kier alpha value is -1.96. The van der Waals surface area contributed by atoms with E-state index in [-0.39, 0.29) is 5.56 Å². The van der Waals surface area contributed by atoms with Crippen LogP contribution in [0.2, 0.25) is 0 Å². The molecule has 0 bridgehead atoms. The fourth-order valence-electron chi connectivity index (χ4n) is 2.41. The second-order valence-corrected chi connectivity index (χ2v) is 4.63. The van der Waals surface area contributed by atoms with E-state index >= 15 is 0 Å². The summed E-state index contributed by atoms with van der Waals surface area (Å²) < 4.78 is 13.6. The van der Waals surface area contributed by atoms with Crippen LogP contribution in [-0.2, 0) is 0 Å². The predicted octanol–water partition coefficient (Wildman–Crippen LogP) is 4.23. The Bertz CT molecular complexity index is 591. The van der Waals surface area contributed by atoms with Crippen molar-refractivity contribution in [2.45, 2.75) is 20.8 Å². The second-order valence-electron chi connectivity index (χ2n) is 4.63. The third-order valence-corrected chi connectivity index (χ3v) is 3.09. The third-order valence-electron chi connectivity index (χ3n) is 3.09. The molecule has 0 unspecified atom stereocenters. The molecule has 0 radical (unpaired) electrons. The standard InChI is InChI=1S/C16H15FO/c1-10-6-11(2)16(12(3)7-10)13-4-5-14(9-18)15(17)8-13/h4-9H,1-3H3. The molecule has 18 heavy (non-hydrogen) atoms. The van der Waals surface area contributed by atoms with Crippen LogP contribution in [-0.4, -0.2) is 6.29 Å². The number of rotatable bonds is 2. The van der Waals surface area contributed by atoms with Crippen LogP contribution in [0.15, 0.2) is 30.3 Å². The molecule has 0 saturated carbocycles.